The summed E-state index contributed by atoms with van der Waals surface area (Å²) in [5.41, 5.74) is 1.43. The van der Waals surface area contributed by atoms with Crippen molar-refractivity contribution in [3.05, 3.63) is 24.3 Å². The highest BCUT2D eigenvalue weighted by atomic mass is 19.4. The highest BCUT2D eigenvalue weighted by Gasteiger charge is 2.26. The Bertz CT molecular complexity index is 446. The van der Waals surface area contributed by atoms with Gasteiger partial charge in [-0.2, -0.15) is 13.2 Å². The molecule has 112 valence electrons. The van der Waals surface area contributed by atoms with Crippen LogP contribution in [0.4, 0.5) is 24.5 Å². The summed E-state index contributed by atoms with van der Waals surface area (Å²) in [6.45, 7) is 3.25. The van der Waals surface area contributed by atoms with Crippen LogP contribution in [0.25, 0.3) is 0 Å². The van der Waals surface area contributed by atoms with E-state index in [0.29, 0.717) is 12.1 Å². The molecule has 1 aromatic carbocycles. The number of amides is 1. The maximum Gasteiger partial charge on any atom is 0.389 e. The highest BCUT2D eigenvalue weighted by Crippen LogP contribution is 2.23. The summed E-state index contributed by atoms with van der Waals surface area (Å²) >= 11 is 0. The molecule has 1 aromatic rings. The first-order valence-corrected chi connectivity index (χ1v) is 6.47. The molecule has 0 saturated heterocycles. The number of rotatable bonds is 6. The third kappa shape index (κ3) is 7.01. The maximum atomic E-state index is 12.0. The molecule has 0 heterocycles. The number of alkyl halides is 3. The van der Waals surface area contributed by atoms with Gasteiger partial charge in [0, 0.05) is 30.8 Å². The summed E-state index contributed by atoms with van der Waals surface area (Å²) in [7, 11) is 0. The Morgan fingerprint density at radius 1 is 1.30 bits per heavy atom. The molecule has 1 atom stereocenters. The van der Waals surface area contributed by atoms with Gasteiger partial charge in [0.1, 0.15) is 0 Å². The Morgan fingerprint density at radius 2 is 1.95 bits per heavy atom. The van der Waals surface area contributed by atoms with Gasteiger partial charge in [-0.3, -0.25) is 4.79 Å². The van der Waals surface area contributed by atoms with Crippen molar-refractivity contribution >= 4 is 17.3 Å². The van der Waals surface area contributed by atoms with Crippen LogP contribution in [0.5, 0.6) is 0 Å². The van der Waals surface area contributed by atoms with Gasteiger partial charge in [-0.15, -0.1) is 0 Å². The Kier molecular flexibility index (Phi) is 5.85. The number of carbonyl (C=O) groups is 1. The molecule has 0 fully saturated rings. The number of nitrogens with one attached hydrogen (secondary N) is 2. The molecule has 2 N–H and O–H groups in total. The summed E-state index contributed by atoms with van der Waals surface area (Å²) in [6.07, 6.45) is -4.32. The third-order valence-corrected chi connectivity index (χ3v) is 2.69. The molecule has 0 aliphatic heterocycles. The zero-order valence-corrected chi connectivity index (χ0v) is 11.6. The average Bonchev–Trinajstić information content (AvgIpc) is 2.26. The van der Waals surface area contributed by atoms with Crippen molar-refractivity contribution in [2.45, 2.75) is 45.3 Å². The molecule has 0 aromatic heterocycles. The van der Waals surface area contributed by atoms with Crippen LogP contribution in [0, 0.1) is 0 Å². The Labute approximate surface area is 116 Å². The molecule has 0 spiro atoms. The van der Waals surface area contributed by atoms with E-state index in [9.17, 15) is 18.0 Å². The average molecular weight is 288 g/mol. The summed E-state index contributed by atoms with van der Waals surface area (Å²) in [6, 6.07) is 7.02. The smallest absolute Gasteiger partial charge is 0.383 e. The largest absolute Gasteiger partial charge is 0.389 e. The lowest BCUT2D eigenvalue weighted by Gasteiger charge is -2.16. The lowest BCUT2D eigenvalue weighted by Crippen LogP contribution is -2.17. The van der Waals surface area contributed by atoms with Gasteiger partial charge in [0.05, 0.1) is 0 Å². The van der Waals surface area contributed by atoms with Gasteiger partial charge in [-0.1, -0.05) is 6.07 Å². The number of carbonyl (C=O) groups excluding carboxylic acids is 1. The quantitative estimate of drug-likeness (QED) is 0.824. The molecule has 0 aliphatic carbocycles. The first kappa shape index (κ1) is 16.3. The fourth-order valence-corrected chi connectivity index (χ4v) is 1.86. The minimum absolute atomic E-state index is 0.0649. The van der Waals surface area contributed by atoms with E-state index < -0.39 is 12.6 Å². The van der Waals surface area contributed by atoms with Crippen LogP contribution in [0.15, 0.2) is 24.3 Å². The molecule has 0 bridgehead atoms. The number of hydrogen-bond acceptors (Lipinski definition) is 2. The molecule has 0 aliphatic rings. The van der Waals surface area contributed by atoms with Crippen LogP contribution in [0.3, 0.4) is 0 Å². The van der Waals surface area contributed by atoms with E-state index in [0.717, 1.165) is 5.69 Å². The van der Waals surface area contributed by atoms with Crippen molar-refractivity contribution < 1.29 is 18.0 Å². The molecule has 1 rings (SSSR count). The molecule has 1 unspecified atom stereocenters. The van der Waals surface area contributed by atoms with Crippen LogP contribution in [-0.2, 0) is 4.79 Å². The minimum atomic E-state index is -4.09. The zero-order valence-electron chi connectivity index (χ0n) is 11.6. The van der Waals surface area contributed by atoms with Gasteiger partial charge in [0.2, 0.25) is 5.91 Å². The number of hydrogen-bond donors (Lipinski definition) is 2. The van der Waals surface area contributed by atoms with Crippen molar-refractivity contribution in [1.82, 2.24) is 0 Å². The first-order valence-electron chi connectivity index (χ1n) is 6.47. The molecule has 0 saturated carbocycles. The van der Waals surface area contributed by atoms with Crippen molar-refractivity contribution in [2.75, 3.05) is 10.6 Å². The van der Waals surface area contributed by atoms with E-state index >= 15 is 0 Å². The lowest BCUT2D eigenvalue weighted by atomic mass is 10.1. The number of anilines is 2. The molecule has 1 amide bonds. The second kappa shape index (κ2) is 7.17. The fourth-order valence-electron chi connectivity index (χ4n) is 1.86. The van der Waals surface area contributed by atoms with Gasteiger partial charge in [-0.25, -0.2) is 0 Å². The zero-order chi connectivity index (χ0) is 15.2. The normalized spacial score (nSPS) is 12.8. The standard InChI is InChI=1S/C14H19F3N2O/c1-10(5-4-8-14(15,16)17)18-12-6-3-7-13(9-12)19-11(2)20/h3,6-7,9-10,18H,4-5,8H2,1-2H3,(H,19,20). The van der Waals surface area contributed by atoms with Gasteiger partial charge >= 0.3 is 6.18 Å². The second-order valence-corrected chi connectivity index (χ2v) is 4.81. The molecule has 0 radical (unpaired) electrons. The second-order valence-electron chi connectivity index (χ2n) is 4.81. The Morgan fingerprint density at radius 3 is 2.55 bits per heavy atom. The van der Waals surface area contributed by atoms with Crippen LogP contribution >= 0.6 is 0 Å². The van der Waals surface area contributed by atoms with E-state index in [1.807, 2.05) is 13.0 Å². The highest BCUT2D eigenvalue weighted by molar-refractivity contribution is 5.89. The predicted molar refractivity (Wildman–Crippen MR) is 73.7 cm³/mol. The molecular weight excluding hydrogens is 269 g/mol. The monoisotopic (exact) mass is 288 g/mol. The molecular formula is C14H19F3N2O. The van der Waals surface area contributed by atoms with E-state index in [-0.39, 0.29) is 18.4 Å². The maximum absolute atomic E-state index is 12.0. The predicted octanol–water partition coefficient (Wildman–Crippen LogP) is 4.18. The topological polar surface area (TPSA) is 41.1 Å². The van der Waals surface area contributed by atoms with Gasteiger partial charge in [0.25, 0.3) is 0 Å². The van der Waals surface area contributed by atoms with Crippen molar-refractivity contribution in [3.63, 3.8) is 0 Å². The van der Waals surface area contributed by atoms with E-state index in [2.05, 4.69) is 10.6 Å². The summed E-state index contributed by atoms with van der Waals surface area (Å²) in [5, 5.41) is 5.78. The van der Waals surface area contributed by atoms with Crippen molar-refractivity contribution in [1.29, 1.82) is 0 Å². The van der Waals surface area contributed by atoms with Gasteiger partial charge in [0.15, 0.2) is 0 Å². The van der Waals surface area contributed by atoms with E-state index in [1.54, 1.807) is 18.2 Å². The SMILES string of the molecule is CC(=O)Nc1cccc(NC(C)CCCC(F)(F)F)c1. The molecule has 6 heteroatoms. The number of halogens is 3. The fraction of sp³-hybridized carbons (Fsp3) is 0.500. The summed E-state index contributed by atoms with van der Waals surface area (Å²) < 4.78 is 36.1. The van der Waals surface area contributed by atoms with Crippen molar-refractivity contribution in [3.8, 4) is 0 Å². The van der Waals surface area contributed by atoms with Gasteiger partial charge < -0.3 is 10.6 Å². The van der Waals surface area contributed by atoms with Gasteiger partial charge in [-0.05, 0) is 38.0 Å². The van der Waals surface area contributed by atoms with Crippen LogP contribution in [0.2, 0.25) is 0 Å². The summed E-state index contributed by atoms with van der Waals surface area (Å²) in [4.78, 5) is 10.9. The van der Waals surface area contributed by atoms with E-state index in [1.165, 1.54) is 6.92 Å². The molecule has 20 heavy (non-hydrogen) atoms. The Balaban J connectivity index is 2.45. The molecule has 3 nitrogen and oxygen atoms in total. The van der Waals surface area contributed by atoms with Crippen molar-refractivity contribution in [2.24, 2.45) is 0 Å². The summed E-state index contributed by atoms with van der Waals surface area (Å²) in [5.74, 6) is -0.166. The van der Waals surface area contributed by atoms with E-state index in [4.69, 9.17) is 0 Å². The van der Waals surface area contributed by atoms with Crippen LogP contribution < -0.4 is 10.6 Å². The number of benzene rings is 1. The lowest BCUT2D eigenvalue weighted by molar-refractivity contribution is -0.135. The van der Waals surface area contributed by atoms with Crippen LogP contribution in [0.1, 0.15) is 33.1 Å². The Hall–Kier alpha value is -1.72. The third-order valence-electron chi connectivity index (χ3n) is 2.69. The minimum Gasteiger partial charge on any atom is -0.383 e. The first-order chi connectivity index (χ1) is 9.26. The van der Waals surface area contributed by atoms with Crippen LogP contribution in [-0.4, -0.2) is 18.1 Å².